The Kier molecular flexibility index (Phi) is 4.72. The second kappa shape index (κ2) is 7.18. The number of benzene rings is 3. The first-order valence-corrected chi connectivity index (χ1v) is 10.5. The van der Waals surface area contributed by atoms with Gasteiger partial charge < -0.3 is 4.57 Å². The molecule has 0 saturated carbocycles. The van der Waals surface area contributed by atoms with E-state index in [1.54, 1.807) is 16.7 Å². The van der Waals surface area contributed by atoms with Crippen molar-refractivity contribution in [2.75, 3.05) is 0 Å². The molecule has 0 bridgehead atoms. The predicted molar refractivity (Wildman–Crippen MR) is 108 cm³/mol. The predicted octanol–water partition coefficient (Wildman–Crippen LogP) is 4.71. The Morgan fingerprint density at radius 2 is 1.48 bits per heavy atom. The second-order valence-corrected chi connectivity index (χ2v) is 8.66. The number of imidazole rings is 1. The van der Waals surface area contributed by atoms with Gasteiger partial charge in [0, 0.05) is 5.02 Å². The molecule has 27 heavy (non-hydrogen) atoms. The van der Waals surface area contributed by atoms with E-state index in [1.165, 1.54) is 0 Å². The Hall–Kier alpha value is -2.63. The largest absolute Gasteiger partial charge is 0.310 e. The summed E-state index contributed by atoms with van der Waals surface area (Å²) in [6, 6.07) is 24.0. The molecular formula is C21H17ClN2O2S. The van der Waals surface area contributed by atoms with E-state index < -0.39 is 9.84 Å². The number of nitrogens with zero attached hydrogens (tertiary/aromatic N) is 2. The maximum Gasteiger partial charge on any atom is 0.229 e. The van der Waals surface area contributed by atoms with Crippen molar-refractivity contribution in [1.82, 2.24) is 9.55 Å². The second-order valence-electron chi connectivity index (χ2n) is 6.34. The van der Waals surface area contributed by atoms with Gasteiger partial charge in [0.05, 0.1) is 23.3 Å². The van der Waals surface area contributed by atoms with Crippen LogP contribution in [0.2, 0.25) is 5.02 Å². The third-order valence-corrected chi connectivity index (χ3v) is 6.18. The maximum atomic E-state index is 13.1. The van der Waals surface area contributed by atoms with Crippen molar-refractivity contribution in [2.45, 2.75) is 17.5 Å². The van der Waals surface area contributed by atoms with Crippen LogP contribution in [-0.4, -0.2) is 18.0 Å². The van der Waals surface area contributed by atoms with E-state index in [0.717, 1.165) is 16.6 Å². The van der Waals surface area contributed by atoms with Crippen LogP contribution in [0, 0.1) is 0 Å². The lowest BCUT2D eigenvalue weighted by Gasteiger charge is -2.10. The van der Waals surface area contributed by atoms with Crippen LogP contribution in [0.3, 0.4) is 0 Å². The Bertz CT molecular complexity index is 1180. The van der Waals surface area contributed by atoms with Crippen LogP contribution in [0.25, 0.3) is 11.0 Å². The third kappa shape index (κ3) is 3.75. The minimum Gasteiger partial charge on any atom is -0.310 e. The first kappa shape index (κ1) is 17.8. The first-order chi connectivity index (χ1) is 13.0. The minimum atomic E-state index is -3.61. The topological polar surface area (TPSA) is 52.0 Å². The molecule has 4 rings (SSSR count). The molecule has 0 spiro atoms. The Balaban J connectivity index is 1.81. The smallest absolute Gasteiger partial charge is 0.229 e. The van der Waals surface area contributed by atoms with Gasteiger partial charge in [-0.15, -0.1) is 0 Å². The molecule has 0 fully saturated rings. The van der Waals surface area contributed by atoms with E-state index >= 15 is 0 Å². The summed E-state index contributed by atoms with van der Waals surface area (Å²) in [5.41, 5.74) is 3.15. The molecule has 6 heteroatoms. The van der Waals surface area contributed by atoms with E-state index in [4.69, 9.17) is 11.6 Å². The Morgan fingerprint density at radius 3 is 2.22 bits per heavy atom. The monoisotopic (exact) mass is 396 g/mol. The standard InChI is InChI=1S/C21H17ClN2O2S/c22-18-12-10-16(11-13-18)14-24-20-9-5-4-8-19(20)23-21(24)27(25,26)15-17-6-2-1-3-7-17/h1-13H,14-15H2. The fourth-order valence-electron chi connectivity index (χ4n) is 3.07. The summed E-state index contributed by atoms with van der Waals surface area (Å²) < 4.78 is 28.0. The fraction of sp³-hybridized carbons (Fsp3) is 0.0952. The van der Waals surface area contributed by atoms with Crippen LogP contribution in [0.15, 0.2) is 84.0 Å². The Labute approximate surface area is 163 Å². The van der Waals surface area contributed by atoms with Crippen LogP contribution in [0.5, 0.6) is 0 Å². The molecular weight excluding hydrogens is 380 g/mol. The summed E-state index contributed by atoms with van der Waals surface area (Å²) in [5.74, 6) is -0.0855. The summed E-state index contributed by atoms with van der Waals surface area (Å²) in [4.78, 5) is 4.44. The van der Waals surface area contributed by atoms with Gasteiger partial charge >= 0.3 is 0 Å². The van der Waals surface area contributed by atoms with Gasteiger partial charge in [-0.2, -0.15) is 0 Å². The number of hydrogen-bond donors (Lipinski definition) is 0. The number of halogens is 1. The van der Waals surface area contributed by atoms with Gasteiger partial charge in [-0.25, -0.2) is 13.4 Å². The fourth-order valence-corrected chi connectivity index (χ4v) is 4.70. The van der Waals surface area contributed by atoms with Crippen molar-refractivity contribution in [1.29, 1.82) is 0 Å². The molecule has 4 aromatic rings. The zero-order valence-electron chi connectivity index (χ0n) is 14.4. The van der Waals surface area contributed by atoms with E-state index in [2.05, 4.69) is 4.98 Å². The average Bonchev–Trinajstić information content (AvgIpc) is 3.04. The van der Waals surface area contributed by atoms with Crippen molar-refractivity contribution in [2.24, 2.45) is 0 Å². The SMILES string of the molecule is O=S(=O)(Cc1ccccc1)c1nc2ccccc2n1Cc1ccc(Cl)cc1. The summed E-state index contributed by atoms with van der Waals surface area (Å²) in [7, 11) is -3.61. The highest BCUT2D eigenvalue weighted by molar-refractivity contribution is 7.90. The lowest BCUT2D eigenvalue weighted by Crippen LogP contribution is -2.13. The van der Waals surface area contributed by atoms with Crippen LogP contribution in [0.4, 0.5) is 0 Å². The molecule has 0 amide bonds. The van der Waals surface area contributed by atoms with Crippen molar-refractivity contribution in [3.05, 3.63) is 95.0 Å². The molecule has 0 radical (unpaired) electrons. The molecule has 0 unspecified atom stereocenters. The van der Waals surface area contributed by atoms with Crippen molar-refractivity contribution < 1.29 is 8.42 Å². The molecule has 0 atom stereocenters. The average molecular weight is 397 g/mol. The molecule has 136 valence electrons. The molecule has 3 aromatic carbocycles. The van der Waals surface area contributed by atoms with E-state index in [-0.39, 0.29) is 10.9 Å². The van der Waals surface area contributed by atoms with E-state index in [0.29, 0.717) is 17.1 Å². The van der Waals surface area contributed by atoms with E-state index in [1.807, 2.05) is 66.7 Å². The maximum absolute atomic E-state index is 13.1. The van der Waals surface area contributed by atoms with Gasteiger partial charge in [-0.05, 0) is 35.4 Å². The lowest BCUT2D eigenvalue weighted by atomic mass is 10.2. The van der Waals surface area contributed by atoms with Gasteiger partial charge in [-0.1, -0.05) is 66.2 Å². The Morgan fingerprint density at radius 1 is 0.815 bits per heavy atom. The van der Waals surface area contributed by atoms with Crippen LogP contribution >= 0.6 is 11.6 Å². The number of aromatic nitrogens is 2. The minimum absolute atomic E-state index is 0.0855. The highest BCUT2D eigenvalue weighted by Crippen LogP contribution is 2.24. The van der Waals surface area contributed by atoms with Crippen LogP contribution in [0.1, 0.15) is 11.1 Å². The first-order valence-electron chi connectivity index (χ1n) is 8.49. The van der Waals surface area contributed by atoms with Crippen molar-refractivity contribution >= 4 is 32.5 Å². The van der Waals surface area contributed by atoms with Gasteiger partial charge in [0.1, 0.15) is 0 Å². The summed E-state index contributed by atoms with van der Waals surface area (Å²) in [5, 5.41) is 0.730. The number of hydrogen-bond acceptors (Lipinski definition) is 3. The summed E-state index contributed by atoms with van der Waals surface area (Å²) in [6.45, 7) is 0.404. The normalized spacial score (nSPS) is 11.7. The molecule has 4 nitrogen and oxygen atoms in total. The van der Waals surface area contributed by atoms with Gasteiger partial charge in [0.25, 0.3) is 0 Å². The van der Waals surface area contributed by atoms with Gasteiger partial charge in [0.2, 0.25) is 15.0 Å². The van der Waals surface area contributed by atoms with Crippen LogP contribution in [-0.2, 0) is 22.1 Å². The lowest BCUT2D eigenvalue weighted by molar-refractivity contribution is 0.574. The quantitative estimate of drug-likeness (QED) is 0.490. The molecule has 1 aromatic heterocycles. The zero-order chi connectivity index (χ0) is 18.9. The molecule has 0 aliphatic heterocycles. The van der Waals surface area contributed by atoms with Crippen molar-refractivity contribution in [3.8, 4) is 0 Å². The van der Waals surface area contributed by atoms with E-state index in [9.17, 15) is 8.42 Å². The molecule has 0 aliphatic carbocycles. The molecule has 0 aliphatic rings. The molecule has 0 N–H and O–H groups in total. The summed E-state index contributed by atoms with van der Waals surface area (Å²) in [6.07, 6.45) is 0. The highest BCUT2D eigenvalue weighted by atomic mass is 35.5. The van der Waals surface area contributed by atoms with Gasteiger partial charge in [-0.3, -0.25) is 0 Å². The van der Waals surface area contributed by atoms with Crippen LogP contribution < -0.4 is 0 Å². The number of rotatable bonds is 5. The van der Waals surface area contributed by atoms with Crippen molar-refractivity contribution in [3.63, 3.8) is 0 Å². The highest BCUT2D eigenvalue weighted by Gasteiger charge is 2.24. The number of sulfone groups is 1. The molecule has 1 heterocycles. The number of fused-ring (bicyclic) bond motifs is 1. The zero-order valence-corrected chi connectivity index (χ0v) is 16.0. The third-order valence-electron chi connectivity index (χ3n) is 4.35. The summed E-state index contributed by atoms with van der Waals surface area (Å²) >= 11 is 5.97. The van der Waals surface area contributed by atoms with Gasteiger partial charge in [0.15, 0.2) is 0 Å². The molecule has 0 saturated heterocycles. The number of para-hydroxylation sites is 2.